The number of aryl methyl sites for hydroxylation is 1. The summed E-state index contributed by atoms with van der Waals surface area (Å²) < 4.78 is 16.0. The largest absolute Gasteiger partial charge is 0.494 e. The van der Waals surface area contributed by atoms with Gasteiger partial charge in [-0.3, -0.25) is 9.59 Å². The first-order valence-electron chi connectivity index (χ1n) is 9.16. The molecule has 1 aromatic heterocycles. The van der Waals surface area contributed by atoms with Crippen LogP contribution in [0.15, 0.2) is 57.7 Å². The third kappa shape index (κ3) is 4.82. The fourth-order valence-electron chi connectivity index (χ4n) is 2.69. The Morgan fingerprint density at radius 2 is 1.83 bits per heavy atom. The van der Waals surface area contributed by atoms with E-state index < -0.39 is 18.0 Å². The number of amides is 1. The van der Waals surface area contributed by atoms with Crippen molar-refractivity contribution in [3.05, 3.63) is 70.1 Å². The van der Waals surface area contributed by atoms with Crippen molar-refractivity contribution in [3.8, 4) is 5.75 Å². The van der Waals surface area contributed by atoms with E-state index in [-0.39, 0.29) is 16.8 Å². The number of esters is 1. The number of ether oxygens (including phenoxy) is 2. The molecule has 3 aromatic rings. The molecule has 0 spiro atoms. The molecule has 0 radical (unpaired) electrons. The van der Waals surface area contributed by atoms with Gasteiger partial charge in [0, 0.05) is 11.8 Å². The molecule has 29 heavy (non-hydrogen) atoms. The van der Waals surface area contributed by atoms with Gasteiger partial charge in [0.05, 0.1) is 12.0 Å². The quantitative estimate of drug-likeness (QED) is 0.640. The smallest absolute Gasteiger partial charge is 0.375 e. The fraction of sp³-hybridized carbons (Fsp3) is 0.227. The van der Waals surface area contributed by atoms with E-state index in [1.54, 1.807) is 42.5 Å². The molecule has 2 aromatic carbocycles. The lowest BCUT2D eigenvalue weighted by Crippen LogP contribution is -2.30. The van der Waals surface area contributed by atoms with E-state index in [1.165, 1.54) is 6.92 Å². The average molecular weight is 395 g/mol. The Morgan fingerprint density at radius 3 is 2.52 bits per heavy atom. The number of benzene rings is 2. The van der Waals surface area contributed by atoms with Gasteiger partial charge >= 0.3 is 5.97 Å². The van der Waals surface area contributed by atoms with Crippen LogP contribution < -0.4 is 15.5 Å². The van der Waals surface area contributed by atoms with Crippen molar-refractivity contribution in [2.45, 2.75) is 26.9 Å². The normalized spacial score (nSPS) is 11.7. The van der Waals surface area contributed by atoms with Crippen molar-refractivity contribution in [2.75, 3.05) is 11.9 Å². The van der Waals surface area contributed by atoms with Crippen LogP contribution in [0.2, 0.25) is 0 Å². The molecular weight excluding hydrogens is 374 g/mol. The summed E-state index contributed by atoms with van der Waals surface area (Å²) in [6.07, 6.45) is -1.09. The Hall–Kier alpha value is -3.61. The van der Waals surface area contributed by atoms with Gasteiger partial charge in [0.2, 0.25) is 5.76 Å². The van der Waals surface area contributed by atoms with Crippen LogP contribution >= 0.6 is 0 Å². The summed E-state index contributed by atoms with van der Waals surface area (Å²) in [6, 6.07) is 13.0. The van der Waals surface area contributed by atoms with Gasteiger partial charge in [-0.25, -0.2) is 4.79 Å². The predicted molar refractivity (Wildman–Crippen MR) is 108 cm³/mol. The van der Waals surface area contributed by atoms with Gasteiger partial charge in [-0.1, -0.05) is 11.6 Å². The number of nitrogens with one attached hydrogen (secondary N) is 1. The first kappa shape index (κ1) is 20.1. The number of hydrogen-bond acceptors (Lipinski definition) is 6. The summed E-state index contributed by atoms with van der Waals surface area (Å²) in [5, 5.41) is 3.03. The highest BCUT2D eigenvalue weighted by Crippen LogP contribution is 2.17. The molecule has 1 heterocycles. The molecule has 150 valence electrons. The van der Waals surface area contributed by atoms with Crippen LogP contribution in [0, 0.1) is 6.92 Å². The fourth-order valence-corrected chi connectivity index (χ4v) is 2.69. The van der Waals surface area contributed by atoms with Crippen molar-refractivity contribution in [2.24, 2.45) is 0 Å². The molecule has 0 fully saturated rings. The minimum atomic E-state index is -1.09. The van der Waals surface area contributed by atoms with Gasteiger partial charge in [0.25, 0.3) is 5.91 Å². The molecule has 0 aliphatic carbocycles. The van der Waals surface area contributed by atoms with E-state index in [0.29, 0.717) is 23.4 Å². The lowest BCUT2D eigenvalue weighted by atomic mass is 10.1. The van der Waals surface area contributed by atoms with Crippen LogP contribution in [-0.2, 0) is 9.53 Å². The molecule has 0 unspecified atom stereocenters. The molecule has 7 heteroatoms. The topological polar surface area (TPSA) is 94.8 Å². The van der Waals surface area contributed by atoms with Crippen molar-refractivity contribution in [3.63, 3.8) is 0 Å². The van der Waals surface area contributed by atoms with Gasteiger partial charge in [-0.15, -0.1) is 0 Å². The van der Waals surface area contributed by atoms with Crippen LogP contribution in [-0.4, -0.2) is 24.6 Å². The van der Waals surface area contributed by atoms with E-state index in [4.69, 9.17) is 13.9 Å². The van der Waals surface area contributed by atoms with Crippen LogP contribution in [0.25, 0.3) is 11.0 Å². The zero-order valence-electron chi connectivity index (χ0n) is 16.4. The van der Waals surface area contributed by atoms with Crippen molar-refractivity contribution >= 4 is 28.5 Å². The van der Waals surface area contributed by atoms with Crippen molar-refractivity contribution < 1.29 is 23.5 Å². The highest BCUT2D eigenvalue weighted by molar-refractivity contribution is 5.97. The van der Waals surface area contributed by atoms with Crippen LogP contribution in [0.1, 0.15) is 30.0 Å². The molecule has 7 nitrogen and oxygen atoms in total. The second kappa shape index (κ2) is 8.60. The number of hydrogen-bond donors (Lipinski definition) is 1. The molecule has 1 amide bonds. The summed E-state index contributed by atoms with van der Waals surface area (Å²) in [5.74, 6) is -0.973. The Balaban J connectivity index is 1.68. The molecule has 0 saturated carbocycles. The molecule has 0 bridgehead atoms. The van der Waals surface area contributed by atoms with Gasteiger partial charge in [0.1, 0.15) is 11.3 Å². The second-order valence-corrected chi connectivity index (χ2v) is 6.47. The first-order valence-corrected chi connectivity index (χ1v) is 9.16. The van der Waals surface area contributed by atoms with E-state index in [1.807, 2.05) is 13.8 Å². The monoisotopic (exact) mass is 395 g/mol. The Labute approximate surface area is 167 Å². The second-order valence-electron chi connectivity index (χ2n) is 6.47. The highest BCUT2D eigenvalue weighted by atomic mass is 16.6. The molecule has 0 aliphatic heterocycles. The van der Waals surface area contributed by atoms with Crippen molar-refractivity contribution in [1.29, 1.82) is 0 Å². The van der Waals surface area contributed by atoms with E-state index in [0.717, 1.165) is 11.6 Å². The predicted octanol–water partition coefficient (Wildman–Crippen LogP) is 3.68. The average Bonchev–Trinajstić information content (AvgIpc) is 2.70. The third-order valence-electron chi connectivity index (χ3n) is 4.17. The van der Waals surface area contributed by atoms with E-state index in [9.17, 15) is 14.4 Å². The van der Waals surface area contributed by atoms with Crippen LogP contribution in [0.3, 0.4) is 0 Å². The number of carbonyl (C=O) groups excluding carboxylic acids is 2. The SMILES string of the molecule is CCOc1ccc(NC(=O)[C@H](C)OC(=O)c2cc(=O)c3cc(C)ccc3o2)cc1. The first-order chi connectivity index (χ1) is 13.9. The molecule has 0 saturated heterocycles. The molecular formula is C22H21NO6. The van der Waals surface area contributed by atoms with Crippen LogP contribution in [0.4, 0.5) is 5.69 Å². The Kier molecular flexibility index (Phi) is 5.97. The maximum Gasteiger partial charge on any atom is 0.375 e. The minimum absolute atomic E-state index is 0.257. The third-order valence-corrected chi connectivity index (χ3v) is 4.17. The summed E-state index contributed by atoms with van der Waals surface area (Å²) >= 11 is 0. The lowest BCUT2D eigenvalue weighted by Gasteiger charge is -2.13. The standard InChI is InChI=1S/C22H21NO6/c1-4-27-16-8-6-15(7-9-16)23-21(25)14(3)28-22(26)20-12-18(24)17-11-13(2)5-10-19(17)29-20/h5-12,14H,4H2,1-3H3,(H,23,25)/t14-/m0/s1. The van der Waals surface area contributed by atoms with E-state index >= 15 is 0 Å². The van der Waals surface area contributed by atoms with Gasteiger partial charge in [-0.05, 0) is 57.2 Å². The lowest BCUT2D eigenvalue weighted by molar-refractivity contribution is -0.123. The van der Waals surface area contributed by atoms with E-state index in [2.05, 4.69) is 5.32 Å². The molecule has 1 atom stereocenters. The summed E-state index contributed by atoms with van der Waals surface area (Å²) in [6.45, 7) is 5.71. The van der Waals surface area contributed by atoms with Gasteiger partial charge in [-0.2, -0.15) is 0 Å². The minimum Gasteiger partial charge on any atom is -0.494 e. The Morgan fingerprint density at radius 1 is 1.10 bits per heavy atom. The van der Waals surface area contributed by atoms with Crippen molar-refractivity contribution in [1.82, 2.24) is 0 Å². The molecule has 1 N–H and O–H groups in total. The zero-order valence-corrected chi connectivity index (χ0v) is 16.4. The number of fused-ring (bicyclic) bond motifs is 1. The van der Waals surface area contributed by atoms with Crippen LogP contribution in [0.5, 0.6) is 5.75 Å². The highest BCUT2D eigenvalue weighted by Gasteiger charge is 2.21. The maximum atomic E-state index is 12.3. The summed E-state index contributed by atoms with van der Waals surface area (Å²) in [4.78, 5) is 36.9. The van der Waals surface area contributed by atoms with Gasteiger partial charge < -0.3 is 19.2 Å². The maximum absolute atomic E-state index is 12.3. The van der Waals surface area contributed by atoms with Gasteiger partial charge in [0.15, 0.2) is 11.5 Å². The summed E-state index contributed by atoms with van der Waals surface area (Å²) in [7, 11) is 0. The number of carbonyl (C=O) groups is 2. The Bertz CT molecular complexity index is 1100. The number of anilines is 1. The summed E-state index contributed by atoms with van der Waals surface area (Å²) in [5.41, 5.74) is 1.36. The molecule has 0 aliphatic rings. The zero-order chi connectivity index (χ0) is 21.0. The number of rotatable bonds is 6. The molecule has 3 rings (SSSR count).